The SMILES string of the molecule is C#CCc1cccc(-c2c3ccccc3c(-c3cccc(/C(C)=C/C(=NCc4ccccc4)C4=CCCC=C4)c3)c3ccccc23)c1. The Morgan fingerprint density at radius 2 is 1.28 bits per heavy atom. The number of allylic oxidation sites excluding steroid dienone is 6. The highest BCUT2D eigenvalue weighted by Crippen LogP contribution is 2.44. The van der Waals surface area contributed by atoms with Crippen LogP contribution in [0.4, 0.5) is 0 Å². The van der Waals surface area contributed by atoms with Crippen LogP contribution in [-0.4, -0.2) is 5.71 Å². The maximum Gasteiger partial charge on any atom is 0.0650 e. The highest BCUT2D eigenvalue weighted by molar-refractivity contribution is 6.21. The Morgan fingerprint density at radius 1 is 0.681 bits per heavy atom. The van der Waals surface area contributed by atoms with E-state index in [1.54, 1.807) is 0 Å². The van der Waals surface area contributed by atoms with Crippen molar-refractivity contribution >= 4 is 32.8 Å². The molecule has 0 heterocycles. The van der Waals surface area contributed by atoms with Gasteiger partial charge >= 0.3 is 0 Å². The van der Waals surface area contributed by atoms with Crippen LogP contribution in [0.2, 0.25) is 0 Å². The molecule has 0 saturated carbocycles. The molecule has 1 aliphatic rings. The van der Waals surface area contributed by atoms with Crippen LogP contribution in [-0.2, 0) is 13.0 Å². The minimum atomic E-state index is 0.619. The van der Waals surface area contributed by atoms with Crippen LogP contribution in [0.3, 0.4) is 0 Å². The number of hydrogen-bond acceptors (Lipinski definition) is 1. The molecule has 0 N–H and O–H groups in total. The molecule has 1 nitrogen and oxygen atoms in total. The van der Waals surface area contributed by atoms with Crippen molar-refractivity contribution < 1.29 is 0 Å². The Balaban J connectivity index is 1.36. The van der Waals surface area contributed by atoms with Crippen LogP contribution in [0.25, 0.3) is 49.4 Å². The van der Waals surface area contributed by atoms with Crippen molar-refractivity contribution in [2.75, 3.05) is 0 Å². The van der Waals surface area contributed by atoms with Crippen molar-refractivity contribution in [1.29, 1.82) is 0 Å². The molecular formula is C46H37N. The molecule has 1 heteroatoms. The fourth-order valence-electron chi connectivity index (χ4n) is 6.70. The fraction of sp³-hybridized carbons (Fsp3) is 0.109. The van der Waals surface area contributed by atoms with E-state index in [1.165, 1.54) is 66.1 Å². The first kappa shape index (κ1) is 30.0. The number of fused-ring (bicyclic) bond motifs is 2. The molecule has 0 saturated heterocycles. The lowest BCUT2D eigenvalue weighted by atomic mass is 9.85. The normalized spacial score (nSPS) is 13.5. The molecule has 0 spiro atoms. The average Bonchev–Trinajstić information content (AvgIpc) is 3.13. The van der Waals surface area contributed by atoms with E-state index in [1.807, 2.05) is 0 Å². The highest BCUT2D eigenvalue weighted by atomic mass is 14.7. The summed E-state index contributed by atoms with van der Waals surface area (Å²) in [6, 6.07) is 45.8. The molecule has 0 amide bonds. The van der Waals surface area contributed by atoms with Gasteiger partial charge in [-0.25, -0.2) is 0 Å². The number of nitrogens with zero attached hydrogens (tertiary/aromatic N) is 1. The van der Waals surface area contributed by atoms with E-state index in [-0.39, 0.29) is 0 Å². The van der Waals surface area contributed by atoms with Gasteiger partial charge in [-0.05, 0) is 104 Å². The third-order valence-electron chi connectivity index (χ3n) is 8.98. The summed E-state index contributed by atoms with van der Waals surface area (Å²) in [5.74, 6) is 2.81. The summed E-state index contributed by atoms with van der Waals surface area (Å²) in [5, 5.41) is 4.96. The predicted octanol–water partition coefficient (Wildman–Crippen LogP) is 11.8. The maximum atomic E-state index is 5.69. The Morgan fingerprint density at radius 3 is 1.89 bits per heavy atom. The molecule has 0 atom stereocenters. The van der Waals surface area contributed by atoms with Gasteiger partial charge in [0.25, 0.3) is 0 Å². The molecule has 0 fully saturated rings. The largest absolute Gasteiger partial charge is 0.280 e. The summed E-state index contributed by atoms with van der Waals surface area (Å²) in [7, 11) is 0. The molecule has 0 bridgehead atoms. The molecule has 226 valence electrons. The minimum Gasteiger partial charge on any atom is -0.280 e. The van der Waals surface area contributed by atoms with Gasteiger partial charge in [0.1, 0.15) is 0 Å². The van der Waals surface area contributed by atoms with E-state index in [0.29, 0.717) is 13.0 Å². The van der Waals surface area contributed by atoms with Gasteiger partial charge in [0.15, 0.2) is 0 Å². The third kappa shape index (κ3) is 6.37. The van der Waals surface area contributed by atoms with Crippen LogP contribution in [0, 0.1) is 12.3 Å². The number of benzene rings is 6. The zero-order chi connectivity index (χ0) is 32.0. The molecular weight excluding hydrogens is 567 g/mol. The number of rotatable bonds is 8. The second kappa shape index (κ2) is 13.7. The average molecular weight is 604 g/mol. The molecule has 1 aliphatic carbocycles. The molecule has 0 aliphatic heterocycles. The van der Waals surface area contributed by atoms with Crippen molar-refractivity contribution in [2.24, 2.45) is 4.99 Å². The lowest BCUT2D eigenvalue weighted by Crippen LogP contribution is -2.02. The molecule has 6 aromatic rings. The van der Waals surface area contributed by atoms with Crippen molar-refractivity contribution in [3.63, 3.8) is 0 Å². The first-order valence-electron chi connectivity index (χ1n) is 16.4. The lowest BCUT2D eigenvalue weighted by Gasteiger charge is -2.18. The van der Waals surface area contributed by atoms with E-state index in [0.717, 1.165) is 24.1 Å². The zero-order valence-electron chi connectivity index (χ0n) is 26.8. The summed E-state index contributed by atoms with van der Waals surface area (Å²) >= 11 is 0. The van der Waals surface area contributed by atoms with Crippen LogP contribution in [0.1, 0.15) is 36.5 Å². The van der Waals surface area contributed by atoms with Crippen molar-refractivity contribution in [3.8, 4) is 34.6 Å². The Kier molecular flexibility index (Phi) is 8.76. The zero-order valence-corrected chi connectivity index (χ0v) is 26.8. The third-order valence-corrected chi connectivity index (χ3v) is 8.98. The second-order valence-electron chi connectivity index (χ2n) is 12.2. The molecule has 0 aromatic heterocycles. The van der Waals surface area contributed by atoms with Gasteiger partial charge in [-0.1, -0.05) is 140 Å². The minimum absolute atomic E-state index is 0.619. The van der Waals surface area contributed by atoms with Crippen molar-refractivity contribution in [1.82, 2.24) is 0 Å². The van der Waals surface area contributed by atoms with Gasteiger partial charge in [-0.2, -0.15) is 0 Å². The quantitative estimate of drug-likeness (QED) is 0.0932. The molecule has 0 unspecified atom stereocenters. The standard InChI is InChI=1S/C46H37N/c1-3-16-34-19-14-23-38(30-34)45-40-25-10-12-27-42(40)46(43-28-13-11-26-41(43)45)39-24-15-22-37(31-39)33(2)29-44(36-20-8-5-9-21-36)47-32-35-17-6-4-7-18-35/h1,4,6-8,10-15,17-31H,5,9,16,32H2,2H3/b33-29+,47-44?. The van der Waals surface area contributed by atoms with Crippen LogP contribution < -0.4 is 0 Å². The van der Waals surface area contributed by atoms with Gasteiger partial charge in [0.2, 0.25) is 0 Å². The van der Waals surface area contributed by atoms with Crippen LogP contribution >= 0.6 is 0 Å². The van der Waals surface area contributed by atoms with E-state index < -0.39 is 0 Å². The summed E-state index contributed by atoms with van der Waals surface area (Å²) in [4.78, 5) is 5.11. The first-order valence-corrected chi connectivity index (χ1v) is 16.4. The number of hydrogen-bond donors (Lipinski definition) is 0. The van der Waals surface area contributed by atoms with Gasteiger partial charge in [-0.15, -0.1) is 12.3 Å². The molecule has 6 aromatic carbocycles. The van der Waals surface area contributed by atoms with Gasteiger partial charge in [0.05, 0.1) is 12.3 Å². The van der Waals surface area contributed by atoms with E-state index in [9.17, 15) is 0 Å². The van der Waals surface area contributed by atoms with E-state index in [4.69, 9.17) is 11.4 Å². The summed E-state index contributed by atoms with van der Waals surface area (Å²) in [6.07, 6.45) is 17.5. The Labute approximate surface area is 278 Å². The van der Waals surface area contributed by atoms with Crippen LogP contribution in [0.15, 0.2) is 162 Å². The van der Waals surface area contributed by atoms with Crippen molar-refractivity contribution in [3.05, 3.63) is 174 Å². The van der Waals surface area contributed by atoms with Crippen molar-refractivity contribution in [2.45, 2.75) is 32.7 Å². The molecule has 47 heavy (non-hydrogen) atoms. The van der Waals surface area contributed by atoms with Gasteiger partial charge < -0.3 is 0 Å². The first-order chi connectivity index (χ1) is 23.2. The lowest BCUT2D eigenvalue weighted by molar-refractivity contribution is 1.02. The number of terminal acetylenes is 1. The smallest absolute Gasteiger partial charge is 0.0650 e. The monoisotopic (exact) mass is 603 g/mol. The van der Waals surface area contributed by atoms with E-state index >= 15 is 0 Å². The Bertz CT molecular complexity index is 2200. The second-order valence-corrected chi connectivity index (χ2v) is 12.2. The summed E-state index contributed by atoms with van der Waals surface area (Å²) < 4.78 is 0. The Hall–Kier alpha value is -5.71. The van der Waals surface area contributed by atoms with Crippen LogP contribution in [0.5, 0.6) is 0 Å². The highest BCUT2D eigenvalue weighted by Gasteiger charge is 2.17. The number of aliphatic imine (C=N–C) groups is 1. The predicted molar refractivity (Wildman–Crippen MR) is 203 cm³/mol. The molecule has 0 radical (unpaired) electrons. The molecule has 7 rings (SSSR count). The van der Waals surface area contributed by atoms with Gasteiger partial charge in [0, 0.05) is 6.42 Å². The summed E-state index contributed by atoms with van der Waals surface area (Å²) in [6.45, 7) is 2.86. The summed E-state index contributed by atoms with van der Waals surface area (Å²) in [5.41, 5.74) is 11.9. The van der Waals surface area contributed by atoms with E-state index in [2.05, 4.69) is 165 Å². The fourth-order valence-corrected chi connectivity index (χ4v) is 6.70. The maximum absolute atomic E-state index is 5.69. The van der Waals surface area contributed by atoms with Gasteiger partial charge in [-0.3, -0.25) is 4.99 Å². The topological polar surface area (TPSA) is 12.4 Å².